The van der Waals surface area contributed by atoms with Gasteiger partial charge < -0.3 is 20.3 Å². The van der Waals surface area contributed by atoms with Crippen LogP contribution in [0.3, 0.4) is 0 Å². The van der Waals surface area contributed by atoms with Crippen LogP contribution in [0.1, 0.15) is 32.0 Å². The number of H-pyrrole nitrogens is 1. The third kappa shape index (κ3) is 5.61. The van der Waals surface area contributed by atoms with E-state index in [4.69, 9.17) is 0 Å². The van der Waals surface area contributed by atoms with Crippen LogP contribution >= 0.6 is 7.14 Å². The third-order valence-electron chi connectivity index (χ3n) is 4.30. The van der Waals surface area contributed by atoms with Crippen molar-refractivity contribution in [2.75, 3.05) is 24.0 Å². The fourth-order valence-electron chi connectivity index (χ4n) is 3.05. The molecule has 2 heterocycles. The molecule has 0 saturated carbocycles. The average Bonchev–Trinajstić information content (AvgIpc) is 3.05. The minimum Gasteiger partial charge on any atom is -0.504 e. The molecular formula is C21H28N5O2P. The van der Waals surface area contributed by atoms with Crippen LogP contribution in [-0.2, 0) is 16.1 Å². The van der Waals surface area contributed by atoms with E-state index in [1.54, 1.807) is 25.6 Å². The third-order valence-corrected chi connectivity index (χ3v) is 5.43. The first-order valence-electron chi connectivity index (χ1n) is 9.41. The zero-order valence-corrected chi connectivity index (χ0v) is 18.3. The Morgan fingerprint density at radius 3 is 2.55 bits per heavy atom. The maximum Gasteiger partial charge on any atom is 0.157 e. The summed E-state index contributed by atoms with van der Waals surface area (Å²) in [6, 6.07) is 9.53. The van der Waals surface area contributed by atoms with Crippen molar-refractivity contribution in [2.24, 2.45) is 0 Å². The molecule has 154 valence electrons. The Morgan fingerprint density at radius 1 is 1.10 bits per heavy atom. The molecule has 0 radical (unpaired) electrons. The second-order valence-electron chi connectivity index (χ2n) is 8.68. The van der Waals surface area contributed by atoms with E-state index >= 15 is 0 Å². The molecule has 0 amide bonds. The van der Waals surface area contributed by atoms with Crippen molar-refractivity contribution in [1.29, 1.82) is 0 Å². The summed E-state index contributed by atoms with van der Waals surface area (Å²) < 4.78 is 12.1. The number of hydrogen-bond donors (Lipinski definition) is 4. The lowest BCUT2D eigenvalue weighted by atomic mass is 9.91. The van der Waals surface area contributed by atoms with E-state index in [0.717, 1.165) is 22.6 Å². The van der Waals surface area contributed by atoms with Gasteiger partial charge in [-0.2, -0.15) is 5.10 Å². The molecule has 0 fully saturated rings. The van der Waals surface area contributed by atoms with E-state index in [0.29, 0.717) is 17.7 Å². The predicted molar refractivity (Wildman–Crippen MR) is 119 cm³/mol. The van der Waals surface area contributed by atoms with Gasteiger partial charge in [-0.15, -0.1) is 0 Å². The first-order valence-corrected chi connectivity index (χ1v) is 12.2. The van der Waals surface area contributed by atoms with Gasteiger partial charge in [0, 0.05) is 23.3 Å². The largest absolute Gasteiger partial charge is 0.504 e. The standard InChI is InChI=1S/C21H28N5O2P/c1-21(2,3)20-17(11-23-26-20)25-16-10-19(22-12-18(16)27)24-15-8-6-7-14(9-15)13-29(4,5)28/h6-12,27H,13H2,1-5H3,(H,23,26)(H2,22,24,25). The fraction of sp³-hybridized carbons (Fsp3) is 0.333. The van der Waals surface area contributed by atoms with E-state index in [-0.39, 0.29) is 11.2 Å². The number of hydrogen-bond acceptors (Lipinski definition) is 6. The van der Waals surface area contributed by atoms with Gasteiger partial charge >= 0.3 is 0 Å². The second-order valence-corrected chi connectivity index (χ2v) is 12.1. The summed E-state index contributed by atoms with van der Waals surface area (Å²) >= 11 is 0. The van der Waals surface area contributed by atoms with Gasteiger partial charge in [-0.25, -0.2) is 4.98 Å². The average molecular weight is 413 g/mol. The van der Waals surface area contributed by atoms with Gasteiger partial charge in [0.2, 0.25) is 0 Å². The monoisotopic (exact) mass is 413 g/mol. The summed E-state index contributed by atoms with van der Waals surface area (Å²) in [6.45, 7) is 9.83. The maximum atomic E-state index is 12.1. The minimum absolute atomic E-state index is 0.0447. The van der Waals surface area contributed by atoms with Crippen molar-refractivity contribution in [3.8, 4) is 5.75 Å². The summed E-state index contributed by atoms with van der Waals surface area (Å²) in [5.41, 5.74) is 4.00. The summed E-state index contributed by atoms with van der Waals surface area (Å²) in [5.74, 6) is 0.627. The lowest BCUT2D eigenvalue weighted by molar-refractivity contribution is 0.475. The Morgan fingerprint density at radius 2 is 1.86 bits per heavy atom. The molecule has 3 aromatic rings. The second kappa shape index (κ2) is 7.91. The molecule has 0 atom stereocenters. The lowest BCUT2D eigenvalue weighted by Crippen LogP contribution is -2.13. The smallest absolute Gasteiger partial charge is 0.157 e. The lowest BCUT2D eigenvalue weighted by Gasteiger charge is -2.19. The van der Waals surface area contributed by atoms with E-state index in [1.807, 2.05) is 24.3 Å². The molecule has 7 nitrogen and oxygen atoms in total. The first-order chi connectivity index (χ1) is 13.5. The normalized spacial score (nSPS) is 12.0. The topological polar surface area (TPSA) is 103 Å². The van der Waals surface area contributed by atoms with E-state index in [1.165, 1.54) is 6.20 Å². The quantitative estimate of drug-likeness (QED) is 0.403. The van der Waals surface area contributed by atoms with Crippen LogP contribution in [0, 0.1) is 0 Å². The van der Waals surface area contributed by atoms with Crippen LogP contribution in [-0.4, -0.2) is 33.6 Å². The van der Waals surface area contributed by atoms with Gasteiger partial charge in [0.25, 0.3) is 0 Å². The first kappa shape index (κ1) is 20.9. The highest BCUT2D eigenvalue weighted by Gasteiger charge is 2.21. The molecule has 29 heavy (non-hydrogen) atoms. The molecule has 4 N–H and O–H groups in total. The van der Waals surface area contributed by atoms with Crippen molar-refractivity contribution < 1.29 is 9.67 Å². The highest BCUT2D eigenvalue weighted by Crippen LogP contribution is 2.41. The molecule has 2 aromatic heterocycles. The molecule has 0 unspecified atom stereocenters. The number of rotatable bonds is 6. The summed E-state index contributed by atoms with van der Waals surface area (Å²) in [6.07, 6.45) is 3.65. The van der Waals surface area contributed by atoms with Gasteiger partial charge in [0.05, 0.1) is 36.6 Å². The number of aromatic nitrogens is 3. The molecule has 0 aliphatic carbocycles. The predicted octanol–water partition coefficient (Wildman–Crippen LogP) is 5.42. The van der Waals surface area contributed by atoms with Crippen molar-refractivity contribution in [2.45, 2.75) is 32.3 Å². The Hall–Kier alpha value is -2.79. The molecule has 8 heteroatoms. The number of aromatic hydroxyl groups is 1. The molecule has 0 bridgehead atoms. The maximum absolute atomic E-state index is 12.1. The van der Waals surface area contributed by atoms with Gasteiger partial charge in [-0.1, -0.05) is 32.9 Å². The van der Waals surface area contributed by atoms with Crippen LogP contribution in [0.25, 0.3) is 0 Å². The zero-order valence-electron chi connectivity index (χ0n) is 17.4. The summed E-state index contributed by atoms with van der Waals surface area (Å²) in [5, 5.41) is 23.9. The van der Waals surface area contributed by atoms with Gasteiger partial charge in [-0.3, -0.25) is 5.10 Å². The molecule has 0 aliphatic rings. The van der Waals surface area contributed by atoms with E-state index in [2.05, 4.69) is 46.6 Å². The highest BCUT2D eigenvalue weighted by atomic mass is 31.2. The summed E-state index contributed by atoms with van der Waals surface area (Å²) in [7, 11) is -2.15. The van der Waals surface area contributed by atoms with Gasteiger partial charge in [0.15, 0.2) is 5.75 Å². The van der Waals surface area contributed by atoms with Gasteiger partial charge in [-0.05, 0) is 31.0 Å². The SMILES string of the molecule is CC(C)(C)c1[nH]ncc1Nc1cc(Nc2cccc(CP(C)(C)=O)c2)ncc1O. The number of pyridine rings is 1. The zero-order chi connectivity index (χ0) is 21.2. The van der Waals surface area contributed by atoms with Gasteiger partial charge in [0.1, 0.15) is 5.82 Å². The van der Waals surface area contributed by atoms with Crippen LogP contribution in [0.2, 0.25) is 0 Å². The summed E-state index contributed by atoms with van der Waals surface area (Å²) in [4.78, 5) is 4.26. The highest BCUT2D eigenvalue weighted by molar-refractivity contribution is 7.61. The molecule has 0 saturated heterocycles. The Labute approximate surface area is 171 Å². The van der Waals surface area contributed by atoms with Crippen LogP contribution in [0.4, 0.5) is 22.9 Å². The van der Waals surface area contributed by atoms with Crippen molar-refractivity contribution >= 4 is 30.0 Å². The van der Waals surface area contributed by atoms with Crippen molar-refractivity contribution in [3.05, 3.63) is 54.0 Å². The van der Waals surface area contributed by atoms with Crippen molar-refractivity contribution in [1.82, 2.24) is 15.2 Å². The number of nitrogens with zero attached hydrogens (tertiary/aromatic N) is 2. The fourth-order valence-corrected chi connectivity index (χ4v) is 4.13. The Balaban J connectivity index is 1.83. The van der Waals surface area contributed by atoms with Crippen LogP contribution in [0.5, 0.6) is 5.75 Å². The number of benzene rings is 1. The number of nitrogens with one attached hydrogen (secondary N) is 3. The molecule has 0 spiro atoms. The molecule has 1 aromatic carbocycles. The minimum atomic E-state index is -2.15. The number of anilines is 4. The van der Waals surface area contributed by atoms with E-state index < -0.39 is 7.14 Å². The molecule has 0 aliphatic heterocycles. The molecule has 3 rings (SSSR count). The molecular weight excluding hydrogens is 385 g/mol. The van der Waals surface area contributed by atoms with Crippen LogP contribution < -0.4 is 10.6 Å². The van der Waals surface area contributed by atoms with E-state index in [9.17, 15) is 9.67 Å². The number of aromatic amines is 1. The van der Waals surface area contributed by atoms with Crippen molar-refractivity contribution in [3.63, 3.8) is 0 Å². The Bertz CT molecular complexity index is 1050. The van der Waals surface area contributed by atoms with Crippen LogP contribution in [0.15, 0.2) is 42.7 Å². The Kier molecular flexibility index (Phi) is 5.71.